The molecule has 0 heterocycles. The smallest absolute Gasteiger partial charge is 0.307 e. The first-order valence-electron chi connectivity index (χ1n) is 14.7. The molecule has 0 bridgehead atoms. The van der Waals surface area contributed by atoms with Gasteiger partial charge in [0.1, 0.15) is 39.9 Å². The van der Waals surface area contributed by atoms with E-state index in [0.29, 0.717) is 31.9 Å². The Morgan fingerprint density at radius 1 is 0.444 bits per heavy atom. The van der Waals surface area contributed by atoms with Crippen molar-refractivity contribution in [2.45, 2.75) is 98.7 Å². The molecule has 4 aromatic rings. The molecule has 6 nitrogen and oxygen atoms in total. The fraction of sp³-hybridized carbons (Fsp3) is 0.333. The molecule has 0 saturated carbocycles. The Hall–Kier alpha value is -3.53. The van der Waals surface area contributed by atoms with E-state index in [1.807, 2.05) is 135 Å². The average Bonchev–Trinajstić information content (AvgIpc) is 2.91. The van der Waals surface area contributed by atoms with Gasteiger partial charge in [-0.25, -0.2) is 8.02 Å². The van der Waals surface area contributed by atoms with Gasteiger partial charge in [0, 0.05) is 14.7 Å². The van der Waals surface area contributed by atoms with Crippen molar-refractivity contribution in [2.24, 2.45) is 0 Å². The maximum absolute atomic E-state index is 14.0. The summed E-state index contributed by atoms with van der Waals surface area (Å²) in [4.78, 5) is 1.68. The third-order valence-corrected chi connectivity index (χ3v) is 11.2. The molecule has 0 amide bonds. The Bertz CT molecular complexity index is 1540. The zero-order valence-electron chi connectivity index (χ0n) is 27.4. The lowest BCUT2D eigenvalue weighted by atomic mass is 10.2. The number of hydrogen-bond donors (Lipinski definition) is 0. The Morgan fingerprint density at radius 3 is 0.978 bits per heavy atom. The molecule has 0 aliphatic rings. The average molecular weight is 655 g/mol. The van der Waals surface area contributed by atoms with Gasteiger partial charge in [0.05, 0.1) is 4.90 Å². The predicted molar refractivity (Wildman–Crippen MR) is 178 cm³/mol. The molecule has 242 valence electrons. The highest BCUT2D eigenvalue weighted by Gasteiger charge is 2.39. The molecule has 0 aliphatic heterocycles. The van der Waals surface area contributed by atoms with Crippen molar-refractivity contribution in [3.63, 3.8) is 0 Å². The van der Waals surface area contributed by atoms with Crippen molar-refractivity contribution >= 4 is 20.4 Å². The van der Waals surface area contributed by atoms with Gasteiger partial charge < -0.3 is 14.2 Å². The van der Waals surface area contributed by atoms with Crippen LogP contribution in [0.15, 0.2) is 117 Å². The minimum atomic E-state index is -4.42. The van der Waals surface area contributed by atoms with Gasteiger partial charge in [-0.1, -0.05) is 0 Å². The van der Waals surface area contributed by atoms with Crippen LogP contribution < -0.4 is 14.2 Å². The Labute approximate surface area is 269 Å². The molecule has 0 aromatic heterocycles. The van der Waals surface area contributed by atoms with Crippen LogP contribution in [0.1, 0.15) is 62.3 Å². The van der Waals surface area contributed by atoms with Gasteiger partial charge in [-0.3, -0.25) is 0 Å². The second-order valence-electron chi connectivity index (χ2n) is 13.6. The lowest BCUT2D eigenvalue weighted by Gasteiger charge is -2.39. The predicted octanol–water partition coefficient (Wildman–Crippen LogP) is 9.96. The van der Waals surface area contributed by atoms with Crippen molar-refractivity contribution in [3.8, 4) is 17.2 Å². The summed E-state index contributed by atoms with van der Waals surface area (Å²) in [6, 6.07) is 26.4. The molecule has 0 N–H and O–H groups in total. The Morgan fingerprint density at radius 2 is 0.711 bits per heavy atom. The van der Waals surface area contributed by atoms with E-state index in [1.165, 1.54) is 12.1 Å². The Balaban J connectivity index is 1.98. The summed E-state index contributed by atoms with van der Waals surface area (Å²) < 4.78 is 66.5. The monoisotopic (exact) mass is 654 g/mol. The molecule has 4 rings (SSSR count). The fourth-order valence-electron chi connectivity index (χ4n) is 4.46. The van der Waals surface area contributed by atoms with Crippen LogP contribution in [0.2, 0.25) is 0 Å². The van der Waals surface area contributed by atoms with Gasteiger partial charge in [-0.05, 0) is 170 Å². The van der Waals surface area contributed by atoms with E-state index in [4.69, 9.17) is 17.8 Å². The van der Waals surface area contributed by atoms with Crippen molar-refractivity contribution < 1.29 is 30.6 Å². The zero-order chi connectivity index (χ0) is 33.3. The second-order valence-corrected chi connectivity index (χ2v) is 18.0. The molecule has 0 unspecified atom stereocenters. The normalized spacial score (nSPS) is 13.3. The molecule has 0 fully saturated rings. The maximum atomic E-state index is 14.0. The van der Waals surface area contributed by atoms with Crippen LogP contribution in [0, 0.1) is 5.82 Å². The number of rotatable bonds is 9. The highest BCUT2D eigenvalue weighted by Crippen LogP contribution is 2.70. The molecule has 0 saturated heterocycles. The quantitative estimate of drug-likeness (QED) is 0.179. The van der Waals surface area contributed by atoms with Crippen LogP contribution in [0.5, 0.6) is 17.2 Å². The van der Waals surface area contributed by atoms with Crippen LogP contribution in [0.3, 0.4) is 0 Å². The number of halogens is 1. The van der Waals surface area contributed by atoms with Crippen LogP contribution in [-0.2, 0) is 13.7 Å². The van der Waals surface area contributed by atoms with Crippen molar-refractivity contribution in [2.75, 3.05) is 0 Å². The summed E-state index contributed by atoms with van der Waals surface area (Å²) in [5.74, 6) is 1.34. The molecule has 0 aliphatic carbocycles. The summed E-state index contributed by atoms with van der Waals surface area (Å²) in [5.41, 5.74) is -1.29. The van der Waals surface area contributed by atoms with Gasteiger partial charge in [0.25, 0.3) is 0 Å². The topological polar surface area (TPSA) is 71.1 Å². The highest BCUT2D eigenvalue weighted by atomic mass is 32.3. The maximum Gasteiger partial charge on any atom is 0.307 e. The minimum Gasteiger partial charge on any atom is -0.488 e. The van der Waals surface area contributed by atoms with Gasteiger partial charge in [0.15, 0.2) is 0 Å². The molecule has 0 radical (unpaired) electrons. The first-order valence-corrected chi connectivity index (χ1v) is 17.6. The number of hydrogen-bond acceptors (Lipinski definition) is 6. The van der Waals surface area contributed by atoms with E-state index in [2.05, 4.69) is 0 Å². The summed E-state index contributed by atoms with van der Waals surface area (Å²) in [5, 5.41) is 0. The molecule has 4 aromatic carbocycles. The molecular formula is C36H43FO6S2. The van der Waals surface area contributed by atoms with E-state index in [1.54, 1.807) is 0 Å². The van der Waals surface area contributed by atoms with Gasteiger partial charge in [-0.2, -0.15) is 8.42 Å². The molecule has 0 spiro atoms. The summed E-state index contributed by atoms with van der Waals surface area (Å²) in [7, 11) is -7.40. The van der Waals surface area contributed by atoms with Gasteiger partial charge in [0.2, 0.25) is 0 Å². The van der Waals surface area contributed by atoms with Crippen molar-refractivity contribution in [1.29, 1.82) is 0 Å². The van der Waals surface area contributed by atoms with Crippen LogP contribution in [-0.4, -0.2) is 25.2 Å². The van der Waals surface area contributed by atoms with E-state index >= 15 is 0 Å². The largest absolute Gasteiger partial charge is 0.488 e. The first kappa shape index (κ1) is 34.3. The highest BCUT2D eigenvalue weighted by molar-refractivity contribution is 8.33. The van der Waals surface area contributed by atoms with Crippen LogP contribution >= 0.6 is 10.3 Å². The standard InChI is InChI=1S/C36H43FO6S2/c1-34(2,3)40-27-12-20-30(21-13-27)44(31-22-14-28(15-23-31)41-35(4,5)6,32-24-16-29(17-25-32)42-36(7,8)9)43-45(38,39)33-18-10-26(37)11-19-33/h10-25H,1-9H3. The van der Waals surface area contributed by atoms with Crippen molar-refractivity contribution in [1.82, 2.24) is 0 Å². The third-order valence-electron chi connectivity index (χ3n) is 6.03. The summed E-state index contributed by atoms with van der Waals surface area (Å²) >= 11 is 0. The van der Waals surface area contributed by atoms with E-state index in [-0.39, 0.29) is 4.90 Å². The molecule has 45 heavy (non-hydrogen) atoms. The summed E-state index contributed by atoms with van der Waals surface area (Å²) in [6.45, 7) is 17.6. The second kappa shape index (κ2) is 12.7. The zero-order valence-corrected chi connectivity index (χ0v) is 29.0. The molecule has 0 atom stereocenters. The van der Waals surface area contributed by atoms with Crippen LogP contribution in [0.25, 0.3) is 0 Å². The lowest BCUT2D eigenvalue weighted by Crippen LogP contribution is -2.23. The van der Waals surface area contributed by atoms with Gasteiger partial charge >= 0.3 is 10.1 Å². The first-order chi connectivity index (χ1) is 20.8. The molecular weight excluding hydrogens is 612 g/mol. The minimum absolute atomic E-state index is 0.158. The Kier molecular flexibility index (Phi) is 9.69. The van der Waals surface area contributed by atoms with E-state index < -0.39 is 43.0 Å². The van der Waals surface area contributed by atoms with Crippen LogP contribution in [0.4, 0.5) is 4.39 Å². The SMILES string of the molecule is CC(C)(C)Oc1ccc(S(OS(=O)(=O)c2ccc(F)cc2)(c2ccc(OC(C)(C)C)cc2)c2ccc(OC(C)(C)C)cc2)cc1. The summed E-state index contributed by atoms with van der Waals surface area (Å²) in [6.07, 6.45) is 0. The van der Waals surface area contributed by atoms with E-state index in [0.717, 1.165) is 12.1 Å². The molecule has 9 heteroatoms. The van der Waals surface area contributed by atoms with Gasteiger partial charge in [-0.15, -0.1) is 0 Å². The van der Waals surface area contributed by atoms with Crippen molar-refractivity contribution in [3.05, 3.63) is 103 Å². The lowest BCUT2D eigenvalue weighted by molar-refractivity contribution is 0.130. The van der Waals surface area contributed by atoms with E-state index in [9.17, 15) is 12.8 Å². The third kappa shape index (κ3) is 9.02. The fourth-order valence-corrected chi connectivity index (χ4v) is 9.64. The number of ether oxygens (including phenoxy) is 3. The number of benzene rings is 4.